The molecule has 0 aliphatic carbocycles. The van der Waals surface area contributed by atoms with Crippen LogP contribution in [0.4, 0.5) is 5.69 Å². The van der Waals surface area contributed by atoms with Crippen LogP contribution in [-0.2, 0) is 25.0 Å². The molecule has 18 heavy (non-hydrogen) atoms. The van der Waals surface area contributed by atoms with E-state index in [1.54, 1.807) is 0 Å². The van der Waals surface area contributed by atoms with E-state index >= 15 is 0 Å². The topological polar surface area (TPSA) is 138 Å². The molecule has 0 aliphatic heterocycles. The molecule has 0 unspecified atom stereocenters. The summed E-state index contributed by atoms with van der Waals surface area (Å²) in [6.07, 6.45) is 0. The standard InChI is InChI=1S/C8H9NO7S2/c1-5(10)9-7-3-2-6(17(11,12)13)4-8(7)18(14,15)16/h2-4H,1H3,(H,9,10)(H,11,12,13)(H,14,15,16). The quantitative estimate of drug-likeness (QED) is 0.674. The van der Waals surface area contributed by atoms with E-state index < -0.39 is 35.9 Å². The highest BCUT2D eigenvalue weighted by molar-refractivity contribution is 7.86. The van der Waals surface area contributed by atoms with Gasteiger partial charge >= 0.3 is 0 Å². The summed E-state index contributed by atoms with van der Waals surface area (Å²) in [4.78, 5) is 9.27. The maximum atomic E-state index is 11.0. The lowest BCUT2D eigenvalue weighted by atomic mass is 10.3. The number of rotatable bonds is 3. The van der Waals surface area contributed by atoms with Crippen molar-refractivity contribution in [2.45, 2.75) is 16.7 Å². The molecular formula is C8H9NO7S2. The van der Waals surface area contributed by atoms with Gasteiger partial charge in [-0.05, 0) is 18.2 Å². The van der Waals surface area contributed by atoms with Crippen LogP contribution in [0.15, 0.2) is 28.0 Å². The summed E-state index contributed by atoms with van der Waals surface area (Å²) < 4.78 is 61.4. The number of benzene rings is 1. The van der Waals surface area contributed by atoms with E-state index in [1.165, 1.54) is 0 Å². The summed E-state index contributed by atoms with van der Waals surface area (Å²) in [7, 11) is -9.37. The van der Waals surface area contributed by atoms with Crippen LogP contribution in [0.3, 0.4) is 0 Å². The zero-order valence-corrected chi connectivity index (χ0v) is 10.6. The van der Waals surface area contributed by atoms with Crippen LogP contribution in [0.5, 0.6) is 0 Å². The predicted octanol–water partition coefficient (Wildman–Crippen LogP) is 0.138. The van der Waals surface area contributed by atoms with Crippen LogP contribution in [-0.4, -0.2) is 31.8 Å². The average molecular weight is 295 g/mol. The van der Waals surface area contributed by atoms with Crippen molar-refractivity contribution in [3.8, 4) is 0 Å². The maximum absolute atomic E-state index is 11.0. The van der Waals surface area contributed by atoms with Gasteiger partial charge in [-0.1, -0.05) is 0 Å². The molecule has 0 saturated heterocycles. The molecule has 0 atom stereocenters. The normalized spacial score (nSPS) is 12.2. The molecule has 1 aromatic carbocycles. The zero-order valence-electron chi connectivity index (χ0n) is 8.98. The van der Waals surface area contributed by atoms with Gasteiger partial charge in [-0.25, -0.2) is 0 Å². The summed E-state index contributed by atoms with van der Waals surface area (Å²) >= 11 is 0. The number of carbonyl (C=O) groups is 1. The number of hydrogen-bond donors (Lipinski definition) is 3. The number of nitrogens with one attached hydrogen (secondary N) is 1. The summed E-state index contributed by atoms with van der Waals surface area (Å²) in [5.74, 6) is -0.612. The van der Waals surface area contributed by atoms with Gasteiger partial charge < -0.3 is 5.32 Å². The highest BCUT2D eigenvalue weighted by Gasteiger charge is 2.20. The Hall–Kier alpha value is -1.49. The third-order valence-corrected chi connectivity index (χ3v) is 3.58. The van der Waals surface area contributed by atoms with Crippen LogP contribution >= 0.6 is 0 Å². The van der Waals surface area contributed by atoms with E-state index in [4.69, 9.17) is 9.11 Å². The summed E-state index contributed by atoms with van der Waals surface area (Å²) in [5.41, 5.74) is -0.294. The Bertz CT molecular complexity index is 690. The van der Waals surface area contributed by atoms with Crippen LogP contribution in [0.1, 0.15) is 6.92 Å². The molecule has 1 aromatic rings. The Morgan fingerprint density at radius 2 is 1.67 bits per heavy atom. The molecule has 0 fully saturated rings. The largest absolute Gasteiger partial charge is 0.325 e. The SMILES string of the molecule is CC(=O)Nc1ccc(S(=O)(=O)O)cc1S(=O)(=O)O. The predicted molar refractivity (Wildman–Crippen MR) is 60.4 cm³/mol. The molecule has 0 spiro atoms. The van der Waals surface area contributed by atoms with E-state index in [-0.39, 0.29) is 5.69 Å². The third-order valence-electron chi connectivity index (χ3n) is 1.84. The number of anilines is 1. The van der Waals surface area contributed by atoms with Crippen molar-refractivity contribution in [2.24, 2.45) is 0 Å². The van der Waals surface area contributed by atoms with E-state index in [2.05, 4.69) is 5.32 Å². The minimum Gasteiger partial charge on any atom is -0.325 e. The Morgan fingerprint density at radius 1 is 1.11 bits per heavy atom. The van der Waals surface area contributed by atoms with Crippen molar-refractivity contribution < 1.29 is 30.7 Å². The maximum Gasteiger partial charge on any atom is 0.296 e. The van der Waals surface area contributed by atoms with Crippen LogP contribution < -0.4 is 5.32 Å². The number of hydrogen-bond acceptors (Lipinski definition) is 5. The lowest BCUT2D eigenvalue weighted by molar-refractivity contribution is -0.114. The van der Waals surface area contributed by atoms with Gasteiger partial charge in [0.2, 0.25) is 5.91 Å². The molecule has 3 N–H and O–H groups in total. The molecule has 0 heterocycles. The van der Waals surface area contributed by atoms with Gasteiger partial charge in [0.05, 0.1) is 10.6 Å². The van der Waals surface area contributed by atoms with E-state index in [1.807, 2.05) is 0 Å². The molecule has 0 radical (unpaired) electrons. The molecule has 1 amide bonds. The second-order valence-corrected chi connectivity index (χ2v) is 6.10. The van der Waals surface area contributed by atoms with Crippen molar-refractivity contribution >= 4 is 31.8 Å². The molecule has 1 rings (SSSR count). The summed E-state index contributed by atoms with van der Waals surface area (Å²) in [5, 5.41) is 2.10. The van der Waals surface area contributed by atoms with Gasteiger partial charge in [-0.3, -0.25) is 13.9 Å². The third kappa shape index (κ3) is 3.50. The summed E-state index contributed by atoms with van der Waals surface area (Å²) in [6.45, 7) is 1.10. The van der Waals surface area contributed by atoms with Crippen LogP contribution in [0, 0.1) is 0 Å². The first-order valence-electron chi connectivity index (χ1n) is 4.38. The lowest BCUT2D eigenvalue weighted by Crippen LogP contribution is -2.12. The highest BCUT2D eigenvalue weighted by atomic mass is 32.2. The van der Waals surface area contributed by atoms with Gasteiger partial charge in [0.15, 0.2) is 0 Å². The molecule has 0 bridgehead atoms. The minimum atomic E-state index is -4.75. The van der Waals surface area contributed by atoms with Crippen molar-refractivity contribution in [3.05, 3.63) is 18.2 Å². The van der Waals surface area contributed by atoms with Crippen molar-refractivity contribution in [2.75, 3.05) is 5.32 Å². The Kier molecular flexibility index (Phi) is 3.76. The van der Waals surface area contributed by atoms with E-state index in [0.717, 1.165) is 19.1 Å². The fourth-order valence-corrected chi connectivity index (χ4v) is 2.42. The monoisotopic (exact) mass is 295 g/mol. The number of amides is 1. The molecule has 0 aliphatic rings. The first-order valence-corrected chi connectivity index (χ1v) is 7.26. The average Bonchev–Trinajstić information content (AvgIpc) is 2.13. The molecule has 10 heteroatoms. The first kappa shape index (κ1) is 14.6. The molecule has 0 saturated carbocycles. The fourth-order valence-electron chi connectivity index (χ4n) is 1.17. The highest BCUT2D eigenvalue weighted by Crippen LogP contribution is 2.24. The Labute approximate surface area is 103 Å². The fraction of sp³-hybridized carbons (Fsp3) is 0.125. The first-order chi connectivity index (χ1) is 8.01. The van der Waals surface area contributed by atoms with Crippen LogP contribution in [0.25, 0.3) is 0 Å². The van der Waals surface area contributed by atoms with Gasteiger partial charge in [0.25, 0.3) is 20.2 Å². The molecule has 8 nitrogen and oxygen atoms in total. The van der Waals surface area contributed by atoms with Gasteiger partial charge in [-0.15, -0.1) is 0 Å². The van der Waals surface area contributed by atoms with Gasteiger partial charge in [0.1, 0.15) is 4.90 Å². The Morgan fingerprint density at radius 3 is 2.06 bits per heavy atom. The molecule has 100 valence electrons. The number of carbonyl (C=O) groups excluding carboxylic acids is 1. The van der Waals surface area contributed by atoms with Crippen molar-refractivity contribution in [1.82, 2.24) is 0 Å². The summed E-state index contributed by atoms with van der Waals surface area (Å²) in [6, 6.07) is 2.36. The second kappa shape index (κ2) is 4.65. The lowest BCUT2D eigenvalue weighted by Gasteiger charge is -2.08. The Balaban J connectivity index is 3.54. The van der Waals surface area contributed by atoms with E-state index in [9.17, 15) is 21.6 Å². The van der Waals surface area contributed by atoms with Gasteiger partial charge in [-0.2, -0.15) is 16.8 Å². The van der Waals surface area contributed by atoms with Gasteiger partial charge in [0, 0.05) is 6.92 Å². The van der Waals surface area contributed by atoms with Crippen molar-refractivity contribution in [3.63, 3.8) is 0 Å². The second-order valence-electron chi connectivity index (χ2n) is 3.29. The van der Waals surface area contributed by atoms with Crippen LogP contribution in [0.2, 0.25) is 0 Å². The van der Waals surface area contributed by atoms with Crippen molar-refractivity contribution in [1.29, 1.82) is 0 Å². The zero-order chi connectivity index (χ0) is 14.1. The molecular weight excluding hydrogens is 286 g/mol. The van der Waals surface area contributed by atoms with E-state index in [0.29, 0.717) is 6.07 Å². The smallest absolute Gasteiger partial charge is 0.296 e. The molecule has 0 aromatic heterocycles. The minimum absolute atomic E-state index is 0.294.